The summed E-state index contributed by atoms with van der Waals surface area (Å²) in [5, 5.41) is 11.4. The first-order chi connectivity index (χ1) is 19.6. The van der Waals surface area contributed by atoms with Gasteiger partial charge in [-0.25, -0.2) is 20.2 Å². The van der Waals surface area contributed by atoms with Crippen molar-refractivity contribution in [1.29, 1.82) is 0 Å². The number of nitrogens with zero attached hydrogens (tertiary/aromatic N) is 5. The fourth-order valence-corrected chi connectivity index (χ4v) is 4.63. The number of carbonyl (C=O) groups excluding carboxylic acids is 3. The van der Waals surface area contributed by atoms with Gasteiger partial charge in [0.1, 0.15) is 12.0 Å². The van der Waals surface area contributed by atoms with E-state index in [0.29, 0.717) is 30.1 Å². The Hall–Kier alpha value is -4.81. The minimum absolute atomic E-state index is 0.0781. The van der Waals surface area contributed by atoms with Crippen molar-refractivity contribution in [2.24, 2.45) is 0 Å². The first-order valence-electron chi connectivity index (χ1n) is 13.4. The van der Waals surface area contributed by atoms with Gasteiger partial charge in [0, 0.05) is 37.1 Å². The van der Waals surface area contributed by atoms with Crippen LogP contribution in [0.4, 0.5) is 10.7 Å². The Labute approximate surface area is 236 Å². The predicted octanol–water partition coefficient (Wildman–Crippen LogP) is 2.36. The SMILES string of the molecule is CC(C)(C)OC(=O)NNC(=O)C1=CCN(C(=O)Cc2nnc(-c3cnc(NC4Cc5ccccc5C4)nc3)o2)CC1. The normalized spacial score (nSPS) is 15.1. The van der Waals surface area contributed by atoms with Crippen LogP contribution in [0.1, 0.15) is 44.2 Å². The molecular weight excluding hydrogens is 528 g/mol. The van der Waals surface area contributed by atoms with Crippen LogP contribution in [0.25, 0.3) is 11.5 Å². The Kier molecular flexibility index (Phi) is 7.95. The van der Waals surface area contributed by atoms with Crippen molar-refractivity contribution < 1.29 is 23.5 Å². The molecule has 0 unspecified atom stereocenters. The number of nitrogens with one attached hydrogen (secondary N) is 3. The lowest BCUT2D eigenvalue weighted by atomic mass is 10.1. The molecular formula is C28H32N8O5. The highest BCUT2D eigenvalue weighted by Gasteiger charge is 2.24. The van der Waals surface area contributed by atoms with Gasteiger partial charge in [0.25, 0.3) is 11.8 Å². The fourth-order valence-electron chi connectivity index (χ4n) is 4.63. The van der Waals surface area contributed by atoms with Crippen LogP contribution >= 0.6 is 0 Å². The van der Waals surface area contributed by atoms with Crippen LogP contribution in [0.15, 0.2) is 52.7 Å². The number of anilines is 1. The minimum Gasteiger partial charge on any atom is -0.443 e. The molecule has 0 radical (unpaired) electrons. The maximum Gasteiger partial charge on any atom is 0.426 e. The Morgan fingerprint density at radius 1 is 1.05 bits per heavy atom. The molecule has 41 heavy (non-hydrogen) atoms. The number of amides is 3. The summed E-state index contributed by atoms with van der Waals surface area (Å²) < 4.78 is 10.8. The highest BCUT2D eigenvalue weighted by atomic mass is 16.6. The maximum absolute atomic E-state index is 12.8. The monoisotopic (exact) mass is 560 g/mol. The number of rotatable bonds is 6. The average Bonchev–Trinajstić information content (AvgIpc) is 3.58. The van der Waals surface area contributed by atoms with E-state index in [1.165, 1.54) is 11.1 Å². The van der Waals surface area contributed by atoms with Crippen LogP contribution in [0, 0.1) is 0 Å². The number of benzene rings is 1. The zero-order chi connectivity index (χ0) is 29.0. The first kappa shape index (κ1) is 27.7. The van der Waals surface area contributed by atoms with Crippen molar-refractivity contribution in [2.75, 3.05) is 18.4 Å². The Balaban J connectivity index is 1.09. The molecule has 2 aliphatic rings. The molecule has 1 aromatic carbocycles. The van der Waals surface area contributed by atoms with Crippen molar-refractivity contribution in [2.45, 2.75) is 58.1 Å². The first-order valence-corrected chi connectivity index (χ1v) is 13.4. The molecule has 214 valence electrons. The maximum atomic E-state index is 12.8. The second-order valence-electron chi connectivity index (χ2n) is 10.9. The van der Waals surface area contributed by atoms with Crippen LogP contribution in [-0.2, 0) is 33.6 Å². The summed E-state index contributed by atoms with van der Waals surface area (Å²) in [6.07, 6.45) is 6.20. The number of hydrazine groups is 1. The van der Waals surface area contributed by atoms with Crippen LogP contribution in [0.2, 0.25) is 0 Å². The van der Waals surface area contributed by atoms with Crippen molar-refractivity contribution in [3.8, 4) is 11.5 Å². The average molecular weight is 561 g/mol. The summed E-state index contributed by atoms with van der Waals surface area (Å²) in [5.41, 5.74) is 7.55. The van der Waals surface area contributed by atoms with E-state index in [1.807, 2.05) is 0 Å². The molecule has 0 atom stereocenters. The quantitative estimate of drug-likeness (QED) is 0.381. The third kappa shape index (κ3) is 7.24. The lowest BCUT2D eigenvalue weighted by molar-refractivity contribution is -0.131. The van der Waals surface area contributed by atoms with Crippen molar-refractivity contribution >= 4 is 23.9 Å². The van der Waals surface area contributed by atoms with Gasteiger partial charge in [-0.3, -0.25) is 15.0 Å². The summed E-state index contributed by atoms with van der Waals surface area (Å²) in [6.45, 7) is 5.74. The highest BCUT2D eigenvalue weighted by molar-refractivity contribution is 5.94. The topological polar surface area (TPSA) is 164 Å². The summed E-state index contributed by atoms with van der Waals surface area (Å²) in [4.78, 5) is 47.2. The Bertz CT molecular complexity index is 1440. The summed E-state index contributed by atoms with van der Waals surface area (Å²) in [5.74, 6) is 0.248. The Morgan fingerprint density at radius 2 is 1.76 bits per heavy atom. The standard InChI is InChI=1S/C28H32N8O5/c1-28(2,3)41-27(39)35-33-24(38)17-8-10-36(11-9-17)23(37)14-22-32-34-25(40-22)20-15-29-26(30-16-20)31-21-12-18-6-4-5-7-19(18)13-21/h4-8,15-16,21H,9-14H2,1-3H3,(H,33,38)(H,35,39)(H,29,30,31). The van der Waals surface area contributed by atoms with Crippen molar-refractivity contribution in [1.82, 2.24) is 35.9 Å². The third-order valence-electron chi connectivity index (χ3n) is 6.58. The number of fused-ring (bicyclic) bond motifs is 1. The molecule has 0 saturated carbocycles. The highest BCUT2D eigenvalue weighted by Crippen LogP contribution is 2.24. The lowest BCUT2D eigenvalue weighted by Gasteiger charge is -2.26. The molecule has 0 spiro atoms. The van der Waals surface area contributed by atoms with Crippen LogP contribution in [0.3, 0.4) is 0 Å². The van der Waals surface area contributed by atoms with Gasteiger partial charge in [-0.05, 0) is 51.2 Å². The second-order valence-corrected chi connectivity index (χ2v) is 10.9. The predicted molar refractivity (Wildman–Crippen MR) is 147 cm³/mol. The molecule has 3 aromatic rings. The molecule has 3 N–H and O–H groups in total. The minimum atomic E-state index is -0.757. The van der Waals surface area contributed by atoms with Crippen molar-refractivity contribution in [3.05, 3.63) is 65.3 Å². The van der Waals surface area contributed by atoms with E-state index in [-0.39, 0.29) is 36.7 Å². The van der Waals surface area contributed by atoms with Gasteiger partial charge in [-0.1, -0.05) is 30.3 Å². The summed E-state index contributed by atoms with van der Waals surface area (Å²) in [7, 11) is 0. The second kappa shape index (κ2) is 11.7. The van der Waals surface area contributed by atoms with Gasteiger partial charge in [0.05, 0.1) is 5.56 Å². The smallest absolute Gasteiger partial charge is 0.426 e. The molecule has 3 amide bonds. The fraction of sp³-hybridized carbons (Fsp3) is 0.393. The molecule has 13 heteroatoms. The number of aromatic nitrogens is 4. The molecule has 5 rings (SSSR count). The lowest BCUT2D eigenvalue weighted by Crippen LogP contribution is -2.46. The molecule has 1 aliphatic heterocycles. The molecule has 0 saturated heterocycles. The molecule has 2 aromatic heterocycles. The van der Waals surface area contributed by atoms with E-state index in [9.17, 15) is 14.4 Å². The van der Waals surface area contributed by atoms with Gasteiger partial charge in [-0.2, -0.15) is 0 Å². The van der Waals surface area contributed by atoms with Gasteiger partial charge >= 0.3 is 6.09 Å². The zero-order valence-corrected chi connectivity index (χ0v) is 23.1. The van der Waals surface area contributed by atoms with Crippen LogP contribution in [0.5, 0.6) is 0 Å². The van der Waals surface area contributed by atoms with E-state index in [0.717, 1.165) is 12.8 Å². The van der Waals surface area contributed by atoms with E-state index in [4.69, 9.17) is 9.15 Å². The zero-order valence-electron chi connectivity index (χ0n) is 23.1. The van der Waals surface area contributed by atoms with Crippen LogP contribution < -0.4 is 16.2 Å². The van der Waals surface area contributed by atoms with Gasteiger partial charge < -0.3 is 19.4 Å². The van der Waals surface area contributed by atoms with E-state index in [1.54, 1.807) is 44.1 Å². The number of carbonyl (C=O) groups is 3. The van der Waals surface area contributed by atoms with E-state index >= 15 is 0 Å². The number of ether oxygens (including phenoxy) is 1. The van der Waals surface area contributed by atoms with E-state index < -0.39 is 17.6 Å². The summed E-state index contributed by atoms with van der Waals surface area (Å²) >= 11 is 0. The van der Waals surface area contributed by atoms with Crippen LogP contribution in [-0.4, -0.2) is 67.7 Å². The number of hydrogen-bond donors (Lipinski definition) is 3. The van der Waals surface area contributed by atoms with E-state index in [2.05, 4.69) is 60.6 Å². The summed E-state index contributed by atoms with van der Waals surface area (Å²) in [6, 6.07) is 8.63. The molecule has 1 aliphatic carbocycles. The molecule has 0 bridgehead atoms. The largest absolute Gasteiger partial charge is 0.443 e. The number of hydrogen-bond acceptors (Lipinski definition) is 10. The van der Waals surface area contributed by atoms with Gasteiger partial charge in [0.15, 0.2) is 0 Å². The molecule has 0 fully saturated rings. The molecule has 13 nitrogen and oxygen atoms in total. The third-order valence-corrected chi connectivity index (χ3v) is 6.58. The Morgan fingerprint density at radius 3 is 2.39 bits per heavy atom. The van der Waals surface area contributed by atoms with Gasteiger partial charge in [0.2, 0.25) is 17.7 Å². The molecule has 3 heterocycles. The van der Waals surface area contributed by atoms with Gasteiger partial charge in [-0.15, -0.1) is 10.2 Å². The van der Waals surface area contributed by atoms with Crippen molar-refractivity contribution in [3.63, 3.8) is 0 Å².